The first kappa shape index (κ1) is 20.8. The first-order valence-corrected chi connectivity index (χ1v) is 10.6. The predicted octanol–water partition coefficient (Wildman–Crippen LogP) is 1.73. The second kappa shape index (κ2) is 10.6. The normalized spacial score (nSPS) is 21.0. The van der Waals surface area contributed by atoms with Gasteiger partial charge in [0.1, 0.15) is 0 Å². The first-order valence-electron chi connectivity index (χ1n) is 10.6. The molecule has 2 aliphatic heterocycles. The maximum atomic E-state index is 12.6. The Morgan fingerprint density at radius 1 is 0.929 bits per heavy atom. The lowest BCUT2D eigenvalue weighted by molar-refractivity contribution is -0.134. The van der Waals surface area contributed by atoms with E-state index in [1.54, 1.807) is 0 Å². The third-order valence-electron chi connectivity index (χ3n) is 5.94. The smallest absolute Gasteiger partial charge is 0.224 e. The van der Waals surface area contributed by atoms with E-state index < -0.39 is 0 Å². The summed E-state index contributed by atoms with van der Waals surface area (Å²) in [5.41, 5.74) is 1.32. The van der Waals surface area contributed by atoms with Crippen LogP contribution in [0.5, 0.6) is 0 Å². The molecule has 1 atom stereocenters. The van der Waals surface area contributed by atoms with Crippen molar-refractivity contribution in [3.05, 3.63) is 35.9 Å². The molecule has 0 aromatic heterocycles. The van der Waals surface area contributed by atoms with Gasteiger partial charge in [0.05, 0.1) is 6.61 Å². The number of nitrogens with zero attached hydrogens (tertiary/aromatic N) is 3. The van der Waals surface area contributed by atoms with E-state index in [0.717, 1.165) is 65.1 Å². The molecule has 1 N–H and O–H groups in total. The standard InChI is InChI=1S/C22H33N3O3/c26-16-10-22(28)25-11-4-7-20(18-25)8-9-21(27)24-14-12-23(13-15-24)17-19-5-2-1-3-6-19/h1-3,5-6,20,26H,4,7-18H2. The molecule has 0 spiro atoms. The quantitative estimate of drug-likeness (QED) is 0.774. The van der Waals surface area contributed by atoms with Gasteiger partial charge in [-0.2, -0.15) is 0 Å². The molecule has 0 radical (unpaired) electrons. The van der Waals surface area contributed by atoms with E-state index in [1.165, 1.54) is 5.56 Å². The van der Waals surface area contributed by atoms with Crippen molar-refractivity contribution in [1.29, 1.82) is 0 Å². The monoisotopic (exact) mass is 387 g/mol. The third kappa shape index (κ3) is 6.04. The van der Waals surface area contributed by atoms with Crippen molar-refractivity contribution in [2.24, 2.45) is 5.92 Å². The number of piperazine rings is 1. The Morgan fingerprint density at radius 3 is 2.36 bits per heavy atom. The van der Waals surface area contributed by atoms with Crippen molar-refractivity contribution in [1.82, 2.24) is 14.7 Å². The molecule has 1 aromatic rings. The molecule has 3 rings (SSSR count). The Labute approximate surface area is 168 Å². The summed E-state index contributed by atoms with van der Waals surface area (Å²) in [6.45, 7) is 5.83. The molecule has 0 saturated carbocycles. The number of aliphatic hydroxyl groups excluding tert-OH is 1. The number of hydrogen-bond acceptors (Lipinski definition) is 4. The van der Waals surface area contributed by atoms with Crippen LogP contribution >= 0.6 is 0 Å². The van der Waals surface area contributed by atoms with Crippen LogP contribution in [0.15, 0.2) is 30.3 Å². The van der Waals surface area contributed by atoms with Crippen LogP contribution in [0.25, 0.3) is 0 Å². The van der Waals surface area contributed by atoms with Crippen LogP contribution in [0, 0.1) is 5.92 Å². The minimum absolute atomic E-state index is 0.0352. The van der Waals surface area contributed by atoms with Crippen molar-refractivity contribution in [3.63, 3.8) is 0 Å². The zero-order valence-corrected chi connectivity index (χ0v) is 16.8. The molecule has 154 valence electrons. The van der Waals surface area contributed by atoms with E-state index in [0.29, 0.717) is 12.3 Å². The average molecular weight is 388 g/mol. The maximum absolute atomic E-state index is 12.6. The molecule has 1 unspecified atom stereocenters. The number of piperidine rings is 1. The maximum Gasteiger partial charge on any atom is 0.224 e. The van der Waals surface area contributed by atoms with Crippen LogP contribution in [0.3, 0.4) is 0 Å². The van der Waals surface area contributed by atoms with Crippen LogP contribution in [0.2, 0.25) is 0 Å². The molecule has 1 aromatic carbocycles. The topological polar surface area (TPSA) is 64.1 Å². The zero-order valence-electron chi connectivity index (χ0n) is 16.8. The summed E-state index contributed by atoms with van der Waals surface area (Å²) >= 11 is 0. The number of likely N-dealkylation sites (tertiary alicyclic amines) is 1. The summed E-state index contributed by atoms with van der Waals surface area (Å²) in [6.07, 6.45) is 3.71. The molecular formula is C22H33N3O3. The van der Waals surface area contributed by atoms with E-state index in [1.807, 2.05) is 15.9 Å². The second-order valence-corrected chi connectivity index (χ2v) is 8.00. The fourth-order valence-corrected chi connectivity index (χ4v) is 4.26. The Bertz CT molecular complexity index is 629. The van der Waals surface area contributed by atoms with Gasteiger partial charge >= 0.3 is 0 Å². The molecule has 2 saturated heterocycles. The number of benzene rings is 1. The molecule has 6 heteroatoms. The first-order chi connectivity index (χ1) is 13.7. The van der Waals surface area contributed by atoms with Crippen molar-refractivity contribution < 1.29 is 14.7 Å². The Balaban J connectivity index is 1.37. The number of aliphatic hydroxyl groups is 1. The summed E-state index contributed by atoms with van der Waals surface area (Å²) in [5, 5.41) is 8.95. The fraction of sp³-hybridized carbons (Fsp3) is 0.636. The third-order valence-corrected chi connectivity index (χ3v) is 5.94. The van der Waals surface area contributed by atoms with Gasteiger partial charge in [-0.1, -0.05) is 30.3 Å². The highest BCUT2D eigenvalue weighted by molar-refractivity contribution is 5.77. The number of carbonyl (C=O) groups is 2. The molecule has 28 heavy (non-hydrogen) atoms. The predicted molar refractivity (Wildman–Crippen MR) is 109 cm³/mol. The van der Waals surface area contributed by atoms with Crippen LogP contribution in [-0.4, -0.2) is 77.5 Å². The summed E-state index contributed by atoms with van der Waals surface area (Å²) in [7, 11) is 0. The van der Waals surface area contributed by atoms with Gasteiger partial charge in [0.25, 0.3) is 0 Å². The van der Waals surface area contributed by atoms with E-state index in [2.05, 4.69) is 29.2 Å². The SMILES string of the molecule is O=C(CCC1CCCN(C(=O)CCO)C1)N1CCN(Cc2ccccc2)CC1. The number of rotatable bonds is 7. The highest BCUT2D eigenvalue weighted by Gasteiger charge is 2.25. The molecule has 0 bridgehead atoms. The highest BCUT2D eigenvalue weighted by Crippen LogP contribution is 2.22. The lowest BCUT2D eigenvalue weighted by Gasteiger charge is -2.36. The highest BCUT2D eigenvalue weighted by atomic mass is 16.3. The molecule has 6 nitrogen and oxygen atoms in total. The van der Waals surface area contributed by atoms with Gasteiger partial charge in [-0.3, -0.25) is 14.5 Å². The van der Waals surface area contributed by atoms with Crippen LogP contribution in [0.1, 0.15) is 37.7 Å². The van der Waals surface area contributed by atoms with Gasteiger partial charge in [0, 0.05) is 58.7 Å². The molecule has 0 aliphatic carbocycles. The van der Waals surface area contributed by atoms with Gasteiger partial charge in [0.15, 0.2) is 0 Å². The van der Waals surface area contributed by atoms with Crippen molar-refractivity contribution in [2.45, 2.75) is 38.6 Å². The van der Waals surface area contributed by atoms with Crippen molar-refractivity contribution in [3.8, 4) is 0 Å². The Hall–Kier alpha value is -1.92. The lowest BCUT2D eigenvalue weighted by Crippen LogP contribution is -2.48. The second-order valence-electron chi connectivity index (χ2n) is 8.00. The number of amides is 2. The lowest BCUT2D eigenvalue weighted by atomic mass is 9.93. The van der Waals surface area contributed by atoms with Crippen LogP contribution in [0.4, 0.5) is 0 Å². The Kier molecular flexibility index (Phi) is 7.86. The van der Waals surface area contributed by atoms with E-state index in [-0.39, 0.29) is 24.8 Å². The van der Waals surface area contributed by atoms with E-state index >= 15 is 0 Å². The fourth-order valence-electron chi connectivity index (χ4n) is 4.26. The summed E-state index contributed by atoms with van der Waals surface area (Å²) < 4.78 is 0. The van der Waals surface area contributed by atoms with Crippen LogP contribution < -0.4 is 0 Å². The molecular weight excluding hydrogens is 354 g/mol. The van der Waals surface area contributed by atoms with E-state index in [9.17, 15) is 9.59 Å². The van der Waals surface area contributed by atoms with Gasteiger partial charge in [-0.05, 0) is 30.7 Å². The van der Waals surface area contributed by atoms with E-state index in [4.69, 9.17) is 5.11 Å². The summed E-state index contributed by atoms with van der Waals surface area (Å²) in [4.78, 5) is 30.9. The van der Waals surface area contributed by atoms with Gasteiger partial charge in [-0.15, -0.1) is 0 Å². The van der Waals surface area contributed by atoms with Crippen molar-refractivity contribution >= 4 is 11.8 Å². The molecule has 2 heterocycles. The minimum Gasteiger partial charge on any atom is -0.396 e. The molecule has 2 aliphatic rings. The summed E-state index contributed by atoms with van der Waals surface area (Å²) in [5.74, 6) is 0.686. The minimum atomic E-state index is -0.0886. The molecule has 2 fully saturated rings. The van der Waals surface area contributed by atoms with Crippen molar-refractivity contribution in [2.75, 3.05) is 45.9 Å². The zero-order chi connectivity index (χ0) is 19.8. The van der Waals surface area contributed by atoms with Gasteiger partial charge in [-0.25, -0.2) is 0 Å². The summed E-state index contributed by atoms with van der Waals surface area (Å²) in [6, 6.07) is 10.5. The Morgan fingerprint density at radius 2 is 1.64 bits per heavy atom. The average Bonchev–Trinajstić information content (AvgIpc) is 2.74. The largest absolute Gasteiger partial charge is 0.396 e. The molecule has 2 amide bonds. The number of hydrogen-bond donors (Lipinski definition) is 1. The van der Waals surface area contributed by atoms with Gasteiger partial charge in [0.2, 0.25) is 11.8 Å². The van der Waals surface area contributed by atoms with Crippen LogP contribution in [-0.2, 0) is 16.1 Å². The van der Waals surface area contributed by atoms with Gasteiger partial charge < -0.3 is 14.9 Å². The number of carbonyl (C=O) groups excluding carboxylic acids is 2.